The van der Waals surface area contributed by atoms with Crippen molar-refractivity contribution in [1.29, 1.82) is 0 Å². The molecule has 0 aromatic rings. The Morgan fingerprint density at radius 2 is 2.20 bits per heavy atom. The zero-order valence-electron chi connectivity index (χ0n) is 9.82. The van der Waals surface area contributed by atoms with Crippen LogP contribution in [0.3, 0.4) is 0 Å². The van der Waals surface area contributed by atoms with Crippen LogP contribution in [0.4, 0.5) is 0 Å². The monoisotopic (exact) mass is 215 g/mol. The molecule has 0 spiro atoms. The molecule has 0 bridgehead atoms. The summed E-state index contributed by atoms with van der Waals surface area (Å²) >= 11 is 0. The molecule has 1 N–H and O–H groups in total. The number of hydrogen-bond donors (Lipinski definition) is 1. The zero-order valence-corrected chi connectivity index (χ0v) is 9.82. The van der Waals surface area contributed by atoms with E-state index in [9.17, 15) is 4.79 Å². The third kappa shape index (κ3) is 2.69. The first-order valence-corrected chi connectivity index (χ1v) is 5.46. The average molecular weight is 215 g/mol. The third-order valence-electron chi connectivity index (χ3n) is 3.49. The highest BCUT2D eigenvalue weighted by Crippen LogP contribution is 2.38. The van der Waals surface area contributed by atoms with Crippen molar-refractivity contribution in [3.63, 3.8) is 0 Å². The van der Waals surface area contributed by atoms with Crippen LogP contribution in [-0.4, -0.2) is 48.3 Å². The van der Waals surface area contributed by atoms with Gasteiger partial charge in [-0.25, -0.2) is 0 Å². The highest BCUT2D eigenvalue weighted by molar-refractivity contribution is 5.77. The van der Waals surface area contributed by atoms with Crippen molar-refractivity contribution in [3.8, 4) is 0 Å². The number of aliphatic hydroxyl groups excluding tert-OH is 1. The molecule has 1 aliphatic rings. The molecular formula is C11H21NO3. The minimum Gasteiger partial charge on any atom is -0.394 e. The van der Waals surface area contributed by atoms with Crippen molar-refractivity contribution >= 4 is 5.91 Å². The molecule has 1 unspecified atom stereocenters. The van der Waals surface area contributed by atoms with Crippen molar-refractivity contribution in [1.82, 2.24) is 4.90 Å². The number of aliphatic hydroxyl groups is 1. The van der Waals surface area contributed by atoms with Gasteiger partial charge < -0.3 is 14.7 Å². The molecule has 0 heterocycles. The molecule has 0 aliphatic heterocycles. The molecule has 88 valence electrons. The normalized spacial score (nSPS) is 20.5. The van der Waals surface area contributed by atoms with Crippen molar-refractivity contribution in [2.24, 2.45) is 0 Å². The lowest BCUT2D eigenvalue weighted by Crippen LogP contribution is -2.46. The molecular weight excluding hydrogens is 194 g/mol. The molecule has 1 rings (SSSR count). The molecule has 1 aliphatic carbocycles. The number of methoxy groups -OCH3 is 1. The van der Waals surface area contributed by atoms with Gasteiger partial charge in [-0.2, -0.15) is 0 Å². The van der Waals surface area contributed by atoms with E-state index in [2.05, 4.69) is 0 Å². The Morgan fingerprint density at radius 1 is 1.60 bits per heavy atom. The number of hydrogen-bond acceptors (Lipinski definition) is 3. The average Bonchev–Trinajstić information content (AvgIpc) is 2.20. The van der Waals surface area contributed by atoms with Crippen LogP contribution in [-0.2, 0) is 9.53 Å². The summed E-state index contributed by atoms with van der Waals surface area (Å²) in [4.78, 5) is 13.4. The lowest BCUT2D eigenvalue weighted by molar-refractivity contribution is -0.145. The molecule has 1 saturated carbocycles. The van der Waals surface area contributed by atoms with E-state index in [1.54, 1.807) is 19.1 Å². The minimum absolute atomic E-state index is 0.00220. The summed E-state index contributed by atoms with van der Waals surface area (Å²) in [5.41, 5.74) is -0.222. The van der Waals surface area contributed by atoms with Gasteiger partial charge in [-0.3, -0.25) is 4.79 Å². The van der Waals surface area contributed by atoms with Crippen molar-refractivity contribution in [2.75, 3.05) is 20.8 Å². The van der Waals surface area contributed by atoms with Crippen molar-refractivity contribution in [2.45, 2.75) is 44.2 Å². The van der Waals surface area contributed by atoms with Gasteiger partial charge in [0.2, 0.25) is 5.91 Å². The summed E-state index contributed by atoms with van der Waals surface area (Å²) in [7, 11) is 3.40. The summed E-state index contributed by atoms with van der Waals surface area (Å²) in [5, 5.41) is 8.96. The number of rotatable bonds is 5. The second-order valence-electron chi connectivity index (χ2n) is 4.45. The van der Waals surface area contributed by atoms with E-state index in [4.69, 9.17) is 9.84 Å². The van der Waals surface area contributed by atoms with E-state index >= 15 is 0 Å². The first-order valence-electron chi connectivity index (χ1n) is 5.46. The smallest absolute Gasteiger partial charge is 0.225 e. The maximum Gasteiger partial charge on any atom is 0.225 e. The van der Waals surface area contributed by atoms with E-state index in [1.165, 1.54) is 0 Å². The fraction of sp³-hybridized carbons (Fsp3) is 0.909. The topological polar surface area (TPSA) is 49.8 Å². The van der Waals surface area contributed by atoms with Gasteiger partial charge in [-0.15, -0.1) is 0 Å². The molecule has 1 amide bonds. The zero-order chi connectivity index (χ0) is 11.5. The Kier molecular flexibility index (Phi) is 4.11. The van der Waals surface area contributed by atoms with Crippen molar-refractivity contribution in [3.05, 3.63) is 0 Å². The van der Waals surface area contributed by atoms with Crippen molar-refractivity contribution < 1.29 is 14.6 Å². The van der Waals surface area contributed by atoms with Crippen LogP contribution in [0.15, 0.2) is 0 Å². The number of amides is 1. The molecule has 0 aromatic carbocycles. The van der Waals surface area contributed by atoms with E-state index in [-0.39, 0.29) is 24.2 Å². The highest BCUT2D eigenvalue weighted by Gasteiger charge is 2.39. The fourth-order valence-electron chi connectivity index (χ4n) is 1.79. The van der Waals surface area contributed by atoms with Gasteiger partial charge in [-0.05, 0) is 26.2 Å². The van der Waals surface area contributed by atoms with E-state index in [1.807, 2.05) is 6.92 Å². The third-order valence-corrected chi connectivity index (χ3v) is 3.49. The minimum atomic E-state index is -0.222. The maximum absolute atomic E-state index is 11.8. The van der Waals surface area contributed by atoms with Gasteiger partial charge in [0.1, 0.15) is 0 Å². The molecule has 15 heavy (non-hydrogen) atoms. The Bertz CT molecular complexity index is 220. The number of nitrogens with zero attached hydrogens (tertiary/aromatic N) is 1. The lowest BCUT2D eigenvalue weighted by atomic mass is 9.77. The second kappa shape index (κ2) is 4.94. The Labute approximate surface area is 91.2 Å². The molecule has 0 aromatic heterocycles. The molecule has 0 radical (unpaired) electrons. The number of carbonyl (C=O) groups is 1. The van der Waals surface area contributed by atoms with Crippen LogP contribution < -0.4 is 0 Å². The second-order valence-corrected chi connectivity index (χ2v) is 4.45. The summed E-state index contributed by atoms with van der Waals surface area (Å²) in [6, 6.07) is -0.119. The maximum atomic E-state index is 11.8. The first kappa shape index (κ1) is 12.5. The van der Waals surface area contributed by atoms with Gasteiger partial charge >= 0.3 is 0 Å². The molecule has 0 saturated heterocycles. The lowest BCUT2D eigenvalue weighted by Gasteiger charge is -2.41. The molecule has 1 atom stereocenters. The van der Waals surface area contributed by atoms with Gasteiger partial charge in [0.25, 0.3) is 0 Å². The van der Waals surface area contributed by atoms with Crippen LogP contribution in [0, 0.1) is 0 Å². The van der Waals surface area contributed by atoms with Crippen LogP contribution >= 0.6 is 0 Å². The van der Waals surface area contributed by atoms with E-state index < -0.39 is 0 Å². The van der Waals surface area contributed by atoms with Gasteiger partial charge in [0.05, 0.1) is 24.7 Å². The van der Waals surface area contributed by atoms with Crippen LogP contribution in [0.5, 0.6) is 0 Å². The highest BCUT2D eigenvalue weighted by atomic mass is 16.5. The SMILES string of the molecule is COC1(CC(=O)N(C)C(C)CO)CCC1. The Hall–Kier alpha value is -0.610. The predicted molar refractivity (Wildman–Crippen MR) is 57.5 cm³/mol. The molecule has 1 fully saturated rings. The largest absolute Gasteiger partial charge is 0.394 e. The summed E-state index contributed by atoms with van der Waals surface area (Å²) < 4.78 is 5.40. The van der Waals surface area contributed by atoms with E-state index in [0.29, 0.717) is 6.42 Å². The first-order chi connectivity index (χ1) is 7.04. The quantitative estimate of drug-likeness (QED) is 0.737. The van der Waals surface area contributed by atoms with Gasteiger partial charge in [0.15, 0.2) is 0 Å². The Balaban J connectivity index is 2.47. The van der Waals surface area contributed by atoms with Gasteiger partial charge in [-0.1, -0.05) is 0 Å². The van der Waals surface area contributed by atoms with Crippen LogP contribution in [0.25, 0.3) is 0 Å². The van der Waals surface area contributed by atoms with E-state index in [0.717, 1.165) is 19.3 Å². The predicted octanol–water partition coefficient (Wildman–Crippen LogP) is 0.785. The number of carbonyl (C=O) groups excluding carboxylic acids is 1. The Morgan fingerprint density at radius 3 is 2.53 bits per heavy atom. The number of ether oxygens (including phenoxy) is 1. The summed E-state index contributed by atoms with van der Waals surface area (Å²) in [6.45, 7) is 1.83. The fourth-order valence-corrected chi connectivity index (χ4v) is 1.79. The van der Waals surface area contributed by atoms with Gasteiger partial charge in [0, 0.05) is 14.2 Å². The molecule has 4 heteroatoms. The summed E-state index contributed by atoms with van der Waals surface area (Å²) in [6.07, 6.45) is 3.51. The molecule has 4 nitrogen and oxygen atoms in total. The van der Waals surface area contributed by atoms with Crippen LogP contribution in [0.1, 0.15) is 32.6 Å². The van der Waals surface area contributed by atoms with Crippen LogP contribution in [0.2, 0.25) is 0 Å². The number of likely N-dealkylation sites (N-methyl/N-ethyl adjacent to an activating group) is 1. The summed E-state index contributed by atoms with van der Waals surface area (Å²) in [5.74, 6) is 0.0538. The standard InChI is InChI=1S/C11H21NO3/c1-9(8-13)12(2)10(14)7-11(15-3)5-4-6-11/h9,13H,4-8H2,1-3H3.